The molecule has 3 nitrogen and oxygen atoms in total. The van der Waals surface area contributed by atoms with Crippen molar-refractivity contribution in [1.29, 1.82) is 0 Å². The summed E-state index contributed by atoms with van der Waals surface area (Å²) in [6, 6.07) is 45.4. The molecule has 5 aromatic carbocycles. The zero-order valence-electron chi connectivity index (χ0n) is 22.6. The first-order valence-electron chi connectivity index (χ1n) is 14.2. The van der Waals surface area contributed by atoms with Gasteiger partial charge in [-0.15, -0.1) is 0 Å². The Hall–Kier alpha value is -5.67. The van der Waals surface area contributed by atoms with Crippen molar-refractivity contribution in [2.45, 2.75) is 0 Å². The second-order valence-electron chi connectivity index (χ2n) is 10.8. The van der Waals surface area contributed by atoms with E-state index in [0.717, 1.165) is 44.3 Å². The van der Waals surface area contributed by atoms with Crippen molar-refractivity contribution in [3.63, 3.8) is 0 Å². The van der Waals surface area contributed by atoms with Crippen molar-refractivity contribution in [3.05, 3.63) is 140 Å². The molecule has 1 aliphatic rings. The molecule has 8 aromatic rings. The van der Waals surface area contributed by atoms with E-state index in [-0.39, 0.29) is 0 Å². The van der Waals surface area contributed by atoms with Crippen LogP contribution in [0.3, 0.4) is 0 Å². The van der Waals surface area contributed by atoms with Crippen LogP contribution < -0.4 is 0 Å². The van der Waals surface area contributed by atoms with Crippen LogP contribution >= 0.6 is 0 Å². The number of benzene rings is 5. The van der Waals surface area contributed by atoms with Gasteiger partial charge in [0.2, 0.25) is 0 Å². The number of fused-ring (bicyclic) bond motifs is 6. The molecule has 0 fully saturated rings. The highest BCUT2D eigenvalue weighted by Gasteiger charge is 2.22. The Labute approximate surface area is 242 Å². The average molecular weight is 534 g/mol. The predicted octanol–water partition coefficient (Wildman–Crippen LogP) is 9.98. The third kappa shape index (κ3) is 3.44. The lowest BCUT2D eigenvalue weighted by Gasteiger charge is -2.11. The number of aromatic nitrogens is 3. The summed E-state index contributed by atoms with van der Waals surface area (Å²) in [5, 5.41) is 4.80. The molecule has 0 bridgehead atoms. The van der Waals surface area contributed by atoms with Crippen LogP contribution in [0.25, 0.3) is 88.5 Å². The number of pyridine rings is 3. The zero-order chi connectivity index (χ0) is 27.6. The Morgan fingerprint density at radius 1 is 0.357 bits per heavy atom. The molecule has 42 heavy (non-hydrogen) atoms. The fourth-order valence-corrected chi connectivity index (χ4v) is 6.49. The summed E-state index contributed by atoms with van der Waals surface area (Å²) < 4.78 is 0. The highest BCUT2D eigenvalue weighted by Crippen LogP contribution is 2.49. The van der Waals surface area contributed by atoms with Crippen LogP contribution in [0.4, 0.5) is 0 Å². The Bertz CT molecular complexity index is 2310. The molecule has 194 valence electrons. The van der Waals surface area contributed by atoms with Crippen LogP contribution in [0.5, 0.6) is 0 Å². The van der Waals surface area contributed by atoms with Gasteiger partial charge in [0.25, 0.3) is 0 Å². The van der Waals surface area contributed by atoms with E-state index in [9.17, 15) is 0 Å². The average Bonchev–Trinajstić information content (AvgIpc) is 3.40. The van der Waals surface area contributed by atoms with E-state index in [1.165, 1.54) is 44.2 Å². The first-order valence-corrected chi connectivity index (χ1v) is 14.2. The maximum atomic E-state index is 5.14. The highest BCUT2D eigenvalue weighted by molar-refractivity contribution is 6.18. The molecule has 0 unspecified atom stereocenters. The molecule has 0 saturated carbocycles. The normalized spacial score (nSPS) is 11.8. The minimum absolute atomic E-state index is 0.911. The summed E-state index contributed by atoms with van der Waals surface area (Å²) in [6.45, 7) is 0. The van der Waals surface area contributed by atoms with Crippen molar-refractivity contribution in [2.24, 2.45) is 0 Å². The molecule has 0 amide bonds. The van der Waals surface area contributed by atoms with Gasteiger partial charge in [0.1, 0.15) is 0 Å². The van der Waals surface area contributed by atoms with Gasteiger partial charge in [-0.1, -0.05) is 103 Å². The molecule has 0 spiro atoms. The van der Waals surface area contributed by atoms with Gasteiger partial charge in [-0.25, -0.2) is 9.97 Å². The van der Waals surface area contributed by atoms with Gasteiger partial charge in [-0.2, -0.15) is 0 Å². The smallest absolute Gasteiger partial charge is 0.0972 e. The van der Waals surface area contributed by atoms with E-state index in [1.807, 2.05) is 12.1 Å². The number of hydrogen-bond donors (Lipinski definition) is 0. The molecule has 3 heterocycles. The summed E-state index contributed by atoms with van der Waals surface area (Å²) >= 11 is 0. The maximum Gasteiger partial charge on any atom is 0.0972 e. The maximum absolute atomic E-state index is 5.14. The van der Waals surface area contributed by atoms with Crippen LogP contribution in [0.15, 0.2) is 140 Å². The molecule has 9 rings (SSSR count). The van der Waals surface area contributed by atoms with Crippen LogP contribution in [-0.2, 0) is 0 Å². The van der Waals surface area contributed by atoms with Gasteiger partial charge in [-0.05, 0) is 68.4 Å². The van der Waals surface area contributed by atoms with Gasteiger partial charge in [-0.3, -0.25) is 4.98 Å². The summed E-state index contributed by atoms with van der Waals surface area (Å²) in [5.41, 5.74) is 13.6. The van der Waals surface area contributed by atoms with Crippen LogP contribution in [0.1, 0.15) is 0 Å². The van der Waals surface area contributed by atoms with Gasteiger partial charge in [0, 0.05) is 34.3 Å². The topological polar surface area (TPSA) is 38.7 Å². The van der Waals surface area contributed by atoms with Crippen molar-refractivity contribution in [2.75, 3.05) is 0 Å². The first-order chi connectivity index (χ1) is 20.8. The Kier molecular flexibility index (Phi) is 4.90. The monoisotopic (exact) mass is 533 g/mol. The van der Waals surface area contributed by atoms with Gasteiger partial charge >= 0.3 is 0 Å². The molecule has 0 radical (unpaired) electrons. The molecule has 3 heteroatoms. The van der Waals surface area contributed by atoms with Crippen molar-refractivity contribution in [1.82, 2.24) is 15.0 Å². The van der Waals surface area contributed by atoms with Gasteiger partial charge < -0.3 is 0 Å². The van der Waals surface area contributed by atoms with Crippen LogP contribution in [0, 0.1) is 0 Å². The Morgan fingerprint density at radius 3 is 1.55 bits per heavy atom. The lowest BCUT2D eigenvalue weighted by molar-refractivity contribution is 1.31. The third-order valence-electron chi connectivity index (χ3n) is 8.54. The lowest BCUT2D eigenvalue weighted by atomic mass is 9.93. The zero-order valence-corrected chi connectivity index (χ0v) is 22.6. The van der Waals surface area contributed by atoms with E-state index in [0.29, 0.717) is 0 Å². The predicted molar refractivity (Wildman–Crippen MR) is 173 cm³/mol. The quantitative estimate of drug-likeness (QED) is 0.212. The Balaban J connectivity index is 1.13. The second kappa shape index (κ2) is 8.92. The SMILES string of the molecule is c1ccc2c(c1)-c1cccc3c(-c4ccc(-c5ccc6ccc7ccc(-c8ccncc8)nc7c6n5)cc4)ccc-2c13. The van der Waals surface area contributed by atoms with E-state index in [1.54, 1.807) is 12.4 Å². The lowest BCUT2D eigenvalue weighted by Crippen LogP contribution is -1.91. The number of hydrogen-bond acceptors (Lipinski definition) is 3. The Morgan fingerprint density at radius 2 is 0.881 bits per heavy atom. The van der Waals surface area contributed by atoms with Crippen molar-refractivity contribution >= 4 is 32.6 Å². The summed E-state index contributed by atoms with van der Waals surface area (Å²) in [5.74, 6) is 0. The van der Waals surface area contributed by atoms with Crippen molar-refractivity contribution < 1.29 is 0 Å². The fourth-order valence-electron chi connectivity index (χ4n) is 6.49. The van der Waals surface area contributed by atoms with E-state index in [4.69, 9.17) is 9.97 Å². The van der Waals surface area contributed by atoms with Crippen LogP contribution in [0.2, 0.25) is 0 Å². The molecule has 0 aliphatic heterocycles. The molecule has 0 atom stereocenters. The van der Waals surface area contributed by atoms with Crippen molar-refractivity contribution in [3.8, 4) is 55.9 Å². The van der Waals surface area contributed by atoms with E-state index < -0.39 is 0 Å². The summed E-state index contributed by atoms with van der Waals surface area (Å²) in [4.78, 5) is 14.3. The molecule has 1 aliphatic carbocycles. The highest BCUT2D eigenvalue weighted by atomic mass is 14.8. The largest absolute Gasteiger partial charge is 0.265 e. The standard InChI is InChI=1S/C39H23N3/c1-2-5-31-30(4-1)33-7-3-6-32-29(16-17-34(31)37(32)33)24-8-10-25(11-9-24)35-18-14-27-12-13-28-15-19-36(26-20-22-40-23-21-26)42-39(28)38(27)41-35/h1-23H. The minimum atomic E-state index is 0.911. The van der Waals surface area contributed by atoms with Gasteiger partial charge in [0.15, 0.2) is 0 Å². The first kappa shape index (κ1) is 23.1. The fraction of sp³-hybridized carbons (Fsp3) is 0. The molecular formula is C39H23N3. The molecule has 3 aromatic heterocycles. The summed E-state index contributed by atoms with van der Waals surface area (Å²) in [7, 11) is 0. The third-order valence-corrected chi connectivity index (χ3v) is 8.54. The van der Waals surface area contributed by atoms with Gasteiger partial charge in [0.05, 0.1) is 22.4 Å². The number of nitrogens with zero attached hydrogens (tertiary/aromatic N) is 3. The number of rotatable bonds is 3. The van der Waals surface area contributed by atoms with E-state index in [2.05, 4.69) is 120 Å². The van der Waals surface area contributed by atoms with E-state index >= 15 is 0 Å². The minimum Gasteiger partial charge on any atom is -0.265 e. The van der Waals surface area contributed by atoms with Crippen LogP contribution in [-0.4, -0.2) is 15.0 Å². The molecular weight excluding hydrogens is 510 g/mol. The second-order valence-corrected chi connectivity index (χ2v) is 10.8. The molecule has 0 N–H and O–H groups in total. The molecule has 0 saturated heterocycles. The summed E-state index contributed by atoms with van der Waals surface area (Å²) in [6.07, 6.45) is 3.60.